The zero-order chi connectivity index (χ0) is 11.5. The molecule has 0 aromatic carbocycles. The van der Waals surface area contributed by atoms with Crippen molar-refractivity contribution >= 4 is 5.65 Å². The summed E-state index contributed by atoms with van der Waals surface area (Å²) in [6, 6.07) is 5.86. The van der Waals surface area contributed by atoms with Gasteiger partial charge in [-0.3, -0.25) is 4.40 Å². The summed E-state index contributed by atoms with van der Waals surface area (Å²) in [5, 5.41) is 8.77. The van der Waals surface area contributed by atoms with E-state index in [2.05, 4.69) is 18.8 Å². The topological polar surface area (TPSA) is 46.8 Å². The number of ether oxygens (including phenoxy) is 1. The smallest absolute Gasteiger partial charge is 0.236 e. The molecule has 0 amide bonds. The predicted octanol–water partition coefficient (Wildman–Crippen LogP) is 1.83. The summed E-state index contributed by atoms with van der Waals surface area (Å²) < 4.78 is 7.48. The summed E-state index contributed by atoms with van der Waals surface area (Å²) in [4.78, 5) is 4.40. The number of rotatable bonds is 4. The molecule has 0 atom stereocenters. The van der Waals surface area contributed by atoms with Gasteiger partial charge < -0.3 is 9.84 Å². The molecule has 0 unspecified atom stereocenters. The molecule has 2 aromatic rings. The molecular formula is C12H16N2O2. The molecule has 0 saturated carbocycles. The number of hydrogen-bond acceptors (Lipinski definition) is 3. The Labute approximate surface area is 94.5 Å². The first-order valence-electron chi connectivity index (χ1n) is 5.44. The van der Waals surface area contributed by atoms with Crippen LogP contribution < -0.4 is 4.74 Å². The van der Waals surface area contributed by atoms with Gasteiger partial charge in [0.2, 0.25) is 5.88 Å². The summed E-state index contributed by atoms with van der Waals surface area (Å²) >= 11 is 0. The van der Waals surface area contributed by atoms with Crippen LogP contribution in [0.15, 0.2) is 24.4 Å². The average molecular weight is 220 g/mol. The minimum atomic E-state index is 0.00536. The highest BCUT2D eigenvalue weighted by Gasteiger charge is 2.15. The second-order valence-corrected chi connectivity index (χ2v) is 3.96. The Morgan fingerprint density at radius 1 is 1.44 bits per heavy atom. The first-order chi connectivity index (χ1) is 7.74. The van der Waals surface area contributed by atoms with Crippen LogP contribution in [0.5, 0.6) is 5.88 Å². The van der Waals surface area contributed by atoms with Crippen LogP contribution in [0.2, 0.25) is 0 Å². The van der Waals surface area contributed by atoms with E-state index >= 15 is 0 Å². The van der Waals surface area contributed by atoms with E-state index in [1.165, 1.54) is 0 Å². The Balaban J connectivity index is 2.50. The van der Waals surface area contributed by atoms with E-state index in [4.69, 9.17) is 9.84 Å². The van der Waals surface area contributed by atoms with Crippen LogP contribution in [0.3, 0.4) is 0 Å². The van der Waals surface area contributed by atoms with Crippen LogP contribution in [-0.2, 0) is 0 Å². The van der Waals surface area contributed by atoms with E-state index in [0.717, 1.165) is 11.3 Å². The van der Waals surface area contributed by atoms with Crippen LogP contribution in [0.4, 0.5) is 0 Å². The number of nitrogens with zero attached hydrogens (tertiary/aromatic N) is 2. The molecule has 0 aliphatic heterocycles. The van der Waals surface area contributed by atoms with Crippen molar-refractivity contribution in [3.8, 4) is 5.88 Å². The van der Waals surface area contributed by atoms with Gasteiger partial charge in [0.1, 0.15) is 12.3 Å². The van der Waals surface area contributed by atoms with Gasteiger partial charge in [-0.2, -0.15) is 4.98 Å². The third kappa shape index (κ3) is 1.88. The largest absolute Gasteiger partial charge is 0.474 e. The van der Waals surface area contributed by atoms with E-state index in [9.17, 15) is 0 Å². The van der Waals surface area contributed by atoms with Crippen molar-refractivity contribution < 1.29 is 9.84 Å². The molecule has 2 aromatic heterocycles. The third-order valence-corrected chi connectivity index (χ3v) is 2.41. The Kier molecular flexibility index (Phi) is 3.10. The Hall–Kier alpha value is -1.55. The van der Waals surface area contributed by atoms with Gasteiger partial charge in [0.05, 0.1) is 12.3 Å². The summed E-state index contributed by atoms with van der Waals surface area (Å²) in [5.41, 5.74) is 1.92. The lowest BCUT2D eigenvalue weighted by atomic mass is 10.1. The van der Waals surface area contributed by atoms with Crippen molar-refractivity contribution in [2.75, 3.05) is 13.2 Å². The lowest BCUT2D eigenvalue weighted by Crippen LogP contribution is -2.05. The molecular weight excluding hydrogens is 204 g/mol. The maximum absolute atomic E-state index is 8.77. The summed E-state index contributed by atoms with van der Waals surface area (Å²) in [6.45, 7) is 4.49. The molecule has 86 valence electrons. The quantitative estimate of drug-likeness (QED) is 0.855. The molecule has 16 heavy (non-hydrogen) atoms. The second-order valence-electron chi connectivity index (χ2n) is 3.96. The molecule has 0 spiro atoms. The molecule has 0 bridgehead atoms. The van der Waals surface area contributed by atoms with E-state index in [0.29, 0.717) is 11.8 Å². The van der Waals surface area contributed by atoms with Gasteiger partial charge in [0.15, 0.2) is 0 Å². The monoisotopic (exact) mass is 220 g/mol. The number of imidazole rings is 1. The number of aromatic nitrogens is 2. The third-order valence-electron chi connectivity index (χ3n) is 2.41. The lowest BCUT2D eigenvalue weighted by molar-refractivity contribution is 0.195. The highest BCUT2D eigenvalue weighted by molar-refractivity contribution is 5.46. The maximum Gasteiger partial charge on any atom is 0.236 e. The van der Waals surface area contributed by atoms with Crippen molar-refractivity contribution in [1.82, 2.24) is 9.38 Å². The predicted molar refractivity (Wildman–Crippen MR) is 61.9 cm³/mol. The van der Waals surface area contributed by atoms with Crippen molar-refractivity contribution in [1.29, 1.82) is 0 Å². The highest BCUT2D eigenvalue weighted by atomic mass is 16.5. The van der Waals surface area contributed by atoms with Gasteiger partial charge in [-0.05, 0) is 18.1 Å². The zero-order valence-corrected chi connectivity index (χ0v) is 9.55. The van der Waals surface area contributed by atoms with Crippen LogP contribution >= 0.6 is 0 Å². The fourth-order valence-electron chi connectivity index (χ4n) is 1.77. The minimum Gasteiger partial charge on any atom is -0.474 e. The van der Waals surface area contributed by atoms with E-state index in [-0.39, 0.29) is 13.2 Å². The standard InChI is InChI=1S/C12H16N2O2/c1-9(2)11-12(16-8-7-15)13-10-5-3-4-6-14(10)11/h3-6,9,15H,7-8H2,1-2H3. The summed E-state index contributed by atoms with van der Waals surface area (Å²) in [5.74, 6) is 0.946. The molecule has 0 radical (unpaired) electrons. The Morgan fingerprint density at radius 2 is 2.25 bits per heavy atom. The number of fused-ring (bicyclic) bond motifs is 1. The van der Waals surface area contributed by atoms with Crippen molar-refractivity contribution in [3.05, 3.63) is 30.1 Å². The molecule has 0 aliphatic carbocycles. The molecule has 4 nitrogen and oxygen atoms in total. The van der Waals surface area contributed by atoms with Gasteiger partial charge in [-0.25, -0.2) is 0 Å². The molecule has 0 fully saturated rings. The number of aliphatic hydroxyl groups excluding tert-OH is 1. The molecule has 0 aliphatic rings. The number of hydrogen-bond donors (Lipinski definition) is 1. The Bertz CT molecular complexity index is 477. The lowest BCUT2D eigenvalue weighted by Gasteiger charge is -2.08. The fraction of sp³-hybridized carbons (Fsp3) is 0.417. The van der Waals surface area contributed by atoms with E-state index in [1.54, 1.807) is 0 Å². The molecule has 2 heterocycles. The van der Waals surface area contributed by atoms with Crippen molar-refractivity contribution in [3.63, 3.8) is 0 Å². The second kappa shape index (κ2) is 4.53. The number of aliphatic hydroxyl groups is 1. The van der Waals surface area contributed by atoms with E-state index < -0.39 is 0 Å². The normalized spacial score (nSPS) is 11.2. The molecule has 0 saturated heterocycles. The van der Waals surface area contributed by atoms with Gasteiger partial charge in [0.25, 0.3) is 0 Å². The minimum absolute atomic E-state index is 0.00536. The van der Waals surface area contributed by atoms with Crippen LogP contribution in [-0.4, -0.2) is 27.7 Å². The first kappa shape index (κ1) is 11.0. The van der Waals surface area contributed by atoms with Crippen LogP contribution in [0, 0.1) is 0 Å². The summed E-state index contributed by atoms with van der Waals surface area (Å²) in [6.07, 6.45) is 1.98. The summed E-state index contributed by atoms with van der Waals surface area (Å²) in [7, 11) is 0. The fourth-order valence-corrected chi connectivity index (χ4v) is 1.77. The zero-order valence-electron chi connectivity index (χ0n) is 9.55. The Morgan fingerprint density at radius 3 is 2.94 bits per heavy atom. The molecule has 2 rings (SSSR count). The molecule has 4 heteroatoms. The van der Waals surface area contributed by atoms with Gasteiger partial charge in [-0.1, -0.05) is 19.9 Å². The SMILES string of the molecule is CC(C)c1c(OCCO)nc2ccccn12. The van der Waals surface area contributed by atoms with Crippen LogP contribution in [0.1, 0.15) is 25.5 Å². The van der Waals surface area contributed by atoms with Crippen molar-refractivity contribution in [2.24, 2.45) is 0 Å². The molecule has 1 N–H and O–H groups in total. The number of pyridine rings is 1. The maximum atomic E-state index is 8.77. The van der Waals surface area contributed by atoms with Gasteiger partial charge in [0, 0.05) is 6.20 Å². The first-order valence-corrected chi connectivity index (χ1v) is 5.44. The van der Waals surface area contributed by atoms with Crippen LogP contribution in [0.25, 0.3) is 5.65 Å². The van der Waals surface area contributed by atoms with Gasteiger partial charge >= 0.3 is 0 Å². The van der Waals surface area contributed by atoms with Crippen molar-refractivity contribution in [2.45, 2.75) is 19.8 Å². The highest BCUT2D eigenvalue weighted by Crippen LogP contribution is 2.26. The van der Waals surface area contributed by atoms with E-state index in [1.807, 2.05) is 28.8 Å². The average Bonchev–Trinajstić information content (AvgIpc) is 2.64. The van der Waals surface area contributed by atoms with Gasteiger partial charge in [-0.15, -0.1) is 0 Å².